The lowest BCUT2D eigenvalue weighted by atomic mass is 9.88. The normalized spacial score (nSPS) is 14.1. The van der Waals surface area contributed by atoms with Crippen molar-refractivity contribution in [3.63, 3.8) is 0 Å². The minimum Gasteiger partial charge on any atom is -0.489 e. The molecular weight excluding hydrogens is 605 g/mol. The molecule has 4 heterocycles. The monoisotopic (exact) mass is 640 g/mol. The lowest BCUT2D eigenvalue weighted by Crippen LogP contribution is -2.37. The van der Waals surface area contributed by atoms with Crippen molar-refractivity contribution in [1.29, 1.82) is 0 Å². The molecule has 12 heteroatoms. The van der Waals surface area contributed by atoms with Gasteiger partial charge in [-0.05, 0) is 67.5 Å². The molecule has 0 aliphatic carbocycles. The SMILES string of the molecule is CCCc1cc(COc2ccc(C3CCN(C(=O)CC)CC3)cc2C)c(-c2cccc(-n3ncc(C(=O)O)c3C(F)(F)F)n2)s1. The Labute approximate surface area is 263 Å². The second kappa shape index (κ2) is 13.4. The van der Waals surface area contributed by atoms with Crippen molar-refractivity contribution in [2.45, 2.75) is 71.6 Å². The number of piperidine rings is 1. The Kier molecular flexibility index (Phi) is 9.62. The first-order valence-electron chi connectivity index (χ1n) is 15.0. The zero-order valence-electron chi connectivity index (χ0n) is 25.4. The van der Waals surface area contributed by atoms with Gasteiger partial charge in [0.15, 0.2) is 11.5 Å². The predicted molar refractivity (Wildman–Crippen MR) is 165 cm³/mol. The molecule has 0 unspecified atom stereocenters. The highest BCUT2D eigenvalue weighted by Crippen LogP contribution is 2.37. The van der Waals surface area contributed by atoms with Gasteiger partial charge in [-0.1, -0.05) is 38.5 Å². The van der Waals surface area contributed by atoms with Crippen LogP contribution in [0.3, 0.4) is 0 Å². The maximum absolute atomic E-state index is 13.9. The van der Waals surface area contributed by atoms with Crippen LogP contribution >= 0.6 is 11.3 Å². The van der Waals surface area contributed by atoms with Gasteiger partial charge in [-0.25, -0.2) is 14.5 Å². The van der Waals surface area contributed by atoms with E-state index in [1.807, 2.05) is 30.9 Å². The van der Waals surface area contributed by atoms with Crippen molar-refractivity contribution in [3.05, 3.63) is 81.5 Å². The number of thiophene rings is 1. The van der Waals surface area contributed by atoms with Crippen LogP contribution in [0.25, 0.3) is 16.4 Å². The fourth-order valence-electron chi connectivity index (χ4n) is 5.73. The van der Waals surface area contributed by atoms with Crippen LogP contribution in [0.4, 0.5) is 13.2 Å². The first-order valence-corrected chi connectivity index (χ1v) is 15.8. The Morgan fingerprint density at radius 2 is 1.87 bits per heavy atom. The average molecular weight is 641 g/mol. The van der Waals surface area contributed by atoms with Crippen molar-refractivity contribution in [2.75, 3.05) is 13.1 Å². The van der Waals surface area contributed by atoms with Crippen molar-refractivity contribution >= 4 is 23.2 Å². The Morgan fingerprint density at radius 1 is 1.11 bits per heavy atom. The number of likely N-dealkylation sites (tertiary alicyclic amines) is 1. The van der Waals surface area contributed by atoms with Crippen molar-refractivity contribution in [1.82, 2.24) is 19.7 Å². The van der Waals surface area contributed by atoms with E-state index in [2.05, 4.69) is 29.1 Å². The zero-order valence-corrected chi connectivity index (χ0v) is 26.2. The molecular formula is C33H35F3N4O4S. The number of amides is 1. The molecule has 1 aromatic carbocycles. The summed E-state index contributed by atoms with van der Waals surface area (Å²) in [5, 5.41) is 13.0. The summed E-state index contributed by atoms with van der Waals surface area (Å²) in [6, 6.07) is 12.9. The molecule has 1 fully saturated rings. The Balaban J connectivity index is 1.38. The minimum absolute atomic E-state index is 0.138. The molecule has 1 aliphatic rings. The standard InChI is InChI=1S/C33H35F3N4O4S/c1-4-7-24-17-23(19-44-27-11-10-22(16-20(27)3)21-12-14-39(15-13-21)29(41)5-2)30(45-24)26-8-6-9-28(38-26)40-31(33(34,35)36)25(18-37-40)32(42)43/h6,8-11,16-18,21H,4-5,7,12-15,19H2,1-3H3,(H,42,43). The number of hydrogen-bond acceptors (Lipinski definition) is 6. The molecule has 4 aromatic rings. The van der Waals surface area contributed by atoms with E-state index in [1.54, 1.807) is 12.1 Å². The molecule has 0 spiro atoms. The van der Waals surface area contributed by atoms with Gasteiger partial charge >= 0.3 is 12.1 Å². The molecule has 1 N–H and O–H groups in total. The Bertz CT molecular complexity index is 1690. The maximum Gasteiger partial charge on any atom is 0.434 e. The Morgan fingerprint density at radius 3 is 2.51 bits per heavy atom. The number of aryl methyl sites for hydroxylation is 2. The van der Waals surface area contributed by atoms with Gasteiger partial charge in [-0.2, -0.15) is 18.3 Å². The van der Waals surface area contributed by atoms with E-state index in [0.29, 0.717) is 28.9 Å². The number of carboxylic acids is 1. The molecule has 0 atom stereocenters. The summed E-state index contributed by atoms with van der Waals surface area (Å²) in [6.07, 6.45) is -0.135. The van der Waals surface area contributed by atoms with Gasteiger partial charge in [-0.15, -0.1) is 11.3 Å². The quantitative estimate of drug-likeness (QED) is 0.191. The van der Waals surface area contributed by atoms with Crippen LogP contribution in [-0.4, -0.2) is 49.7 Å². The van der Waals surface area contributed by atoms with E-state index in [4.69, 9.17) is 4.74 Å². The number of nitrogens with zero attached hydrogens (tertiary/aromatic N) is 4. The molecule has 3 aromatic heterocycles. The van der Waals surface area contributed by atoms with Crippen LogP contribution in [0.1, 0.15) is 83.1 Å². The molecule has 0 saturated carbocycles. The number of alkyl halides is 3. The number of aromatic carboxylic acids is 1. The molecule has 5 rings (SSSR count). The second-order valence-corrected chi connectivity index (χ2v) is 12.3. The first-order chi connectivity index (χ1) is 21.5. The van der Waals surface area contributed by atoms with Gasteiger partial charge in [-0.3, -0.25) is 4.79 Å². The van der Waals surface area contributed by atoms with Crippen LogP contribution < -0.4 is 4.74 Å². The number of carboxylic acid groups (broad SMARTS) is 1. The minimum atomic E-state index is -4.95. The molecule has 1 aliphatic heterocycles. The van der Waals surface area contributed by atoms with E-state index in [0.717, 1.165) is 65.4 Å². The zero-order chi connectivity index (χ0) is 32.3. The van der Waals surface area contributed by atoms with Crippen molar-refractivity contribution < 1.29 is 32.6 Å². The number of rotatable bonds is 10. The number of pyridine rings is 1. The van der Waals surface area contributed by atoms with Gasteiger partial charge in [0.1, 0.15) is 17.9 Å². The van der Waals surface area contributed by atoms with Crippen molar-refractivity contribution in [2.24, 2.45) is 0 Å². The topological polar surface area (TPSA) is 97.6 Å². The third kappa shape index (κ3) is 7.06. The summed E-state index contributed by atoms with van der Waals surface area (Å²) < 4.78 is 48.4. The molecule has 1 saturated heterocycles. The highest BCUT2D eigenvalue weighted by atomic mass is 32.1. The summed E-state index contributed by atoms with van der Waals surface area (Å²) in [7, 11) is 0. The molecule has 45 heavy (non-hydrogen) atoms. The summed E-state index contributed by atoms with van der Waals surface area (Å²) in [6.45, 7) is 7.73. The van der Waals surface area contributed by atoms with Crippen LogP contribution in [0.2, 0.25) is 0 Å². The number of carbonyl (C=O) groups is 2. The summed E-state index contributed by atoms with van der Waals surface area (Å²) >= 11 is 1.51. The van der Waals surface area contributed by atoms with E-state index in [1.165, 1.54) is 23.0 Å². The Hall–Kier alpha value is -4.19. The smallest absolute Gasteiger partial charge is 0.434 e. The van der Waals surface area contributed by atoms with Gasteiger partial charge < -0.3 is 14.7 Å². The maximum atomic E-state index is 13.9. The lowest BCUT2D eigenvalue weighted by molar-refractivity contribution is -0.143. The number of halogens is 3. The van der Waals surface area contributed by atoms with E-state index in [-0.39, 0.29) is 18.3 Å². The third-order valence-corrected chi connectivity index (χ3v) is 9.27. The lowest BCUT2D eigenvalue weighted by Gasteiger charge is -2.32. The molecule has 0 bridgehead atoms. The predicted octanol–water partition coefficient (Wildman–Crippen LogP) is 7.67. The van der Waals surface area contributed by atoms with Crippen LogP contribution in [0.15, 0.2) is 48.7 Å². The van der Waals surface area contributed by atoms with Crippen molar-refractivity contribution in [3.8, 4) is 22.1 Å². The first kappa shape index (κ1) is 32.2. The van der Waals surface area contributed by atoms with Gasteiger partial charge in [0, 0.05) is 30.0 Å². The molecule has 1 amide bonds. The summed E-state index contributed by atoms with van der Waals surface area (Å²) in [4.78, 5) is 31.8. The largest absolute Gasteiger partial charge is 0.489 e. The van der Waals surface area contributed by atoms with Gasteiger partial charge in [0.2, 0.25) is 5.91 Å². The highest BCUT2D eigenvalue weighted by molar-refractivity contribution is 7.15. The van der Waals surface area contributed by atoms with Gasteiger partial charge in [0.05, 0.1) is 16.8 Å². The summed E-state index contributed by atoms with van der Waals surface area (Å²) in [5.41, 5.74) is 1.20. The number of benzene rings is 1. The fourth-order valence-corrected chi connectivity index (χ4v) is 6.97. The van der Waals surface area contributed by atoms with E-state index < -0.39 is 23.4 Å². The second-order valence-electron chi connectivity index (χ2n) is 11.1. The highest BCUT2D eigenvalue weighted by Gasteiger charge is 2.41. The van der Waals surface area contributed by atoms with Crippen LogP contribution in [0, 0.1) is 6.92 Å². The summed E-state index contributed by atoms with van der Waals surface area (Å²) in [5.74, 6) is -0.535. The number of aromatic nitrogens is 3. The van der Waals surface area contributed by atoms with Crippen LogP contribution in [-0.2, 0) is 24.0 Å². The third-order valence-electron chi connectivity index (χ3n) is 8.01. The number of ether oxygens (including phenoxy) is 1. The molecule has 238 valence electrons. The number of carbonyl (C=O) groups excluding carboxylic acids is 1. The fraction of sp³-hybridized carbons (Fsp3) is 0.394. The average Bonchev–Trinajstić information content (AvgIpc) is 3.66. The van der Waals surface area contributed by atoms with Crippen LogP contribution in [0.5, 0.6) is 5.75 Å². The number of hydrogen-bond donors (Lipinski definition) is 1. The molecule has 0 radical (unpaired) electrons. The molecule has 8 nitrogen and oxygen atoms in total. The van der Waals surface area contributed by atoms with E-state index in [9.17, 15) is 27.9 Å². The van der Waals surface area contributed by atoms with Gasteiger partial charge in [0.25, 0.3) is 0 Å². The van der Waals surface area contributed by atoms with E-state index >= 15 is 0 Å².